The predicted octanol–water partition coefficient (Wildman–Crippen LogP) is 1.45. The molecule has 17 heavy (non-hydrogen) atoms. The quantitative estimate of drug-likeness (QED) is 0.869. The van der Waals surface area contributed by atoms with Crippen molar-refractivity contribution in [2.75, 3.05) is 13.2 Å². The molecule has 0 spiro atoms. The first kappa shape index (κ1) is 11.6. The van der Waals surface area contributed by atoms with E-state index >= 15 is 0 Å². The van der Waals surface area contributed by atoms with Crippen LogP contribution in [0.2, 0.25) is 0 Å². The third kappa shape index (κ3) is 3.30. The van der Waals surface area contributed by atoms with Crippen molar-refractivity contribution in [3.8, 4) is 5.75 Å². The number of hydrogen-bond acceptors (Lipinski definition) is 4. The van der Waals surface area contributed by atoms with Crippen molar-refractivity contribution in [2.45, 2.75) is 12.5 Å². The molecule has 1 atom stereocenters. The normalized spacial score (nSPS) is 18.7. The van der Waals surface area contributed by atoms with E-state index < -0.39 is 11.6 Å². The van der Waals surface area contributed by atoms with Crippen molar-refractivity contribution in [2.24, 2.45) is 10.7 Å². The van der Waals surface area contributed by atoms with Crippen LogP contribution in [0.1, 0.15) is 6.42 Å². The lowest BCUT2D eigenvalue weighted by Gasteiger charge is -2.08. The molecule has 1 aromatic rings. The van der Waals surface area contributed by atoms with Gasteiger partial charge in [-0.3, -0.25) is 0 Å². The molecule has 0 saturated heterocycles. The van der Waals surface area contributed by atoms with Gasteiger partial charge in [0, 0.05) is 24.6 Å². The smallest absolute Gasteiger partial charge is 0.282 e. The Bertz CT molecular complexity index is 417. The highest BCUT2D eigenvalue weighted by atomic mass is 19.1. The first-order valence-electron chi connectivity index (χ1n) is 5.18. The van der Waals surface area contributed by atoms with Crippen LogP contribution in [0.3, 0.4) is 0 Å². The summed E-state index contributed by atoms with van der Waals surface area (Å²) in [5.74, 6) is -1.16. The van der Waals surface area contributed by atoms with Crippen molar-refractivity contribution in [1.29, 1.82) is 0 Å². The van der Waals surface area contributed by atoms with Crippen LogP contribution in [0.4, 0.5) is 8.78 Å². The van der Waals surface area contributed by atoms with E-state index in [0.29, 0.717) is 19.6 Å². The van der Waals surface area contributed by atoms with Crippen LogP contribution in [-0.2, 0) is 4.74 Å². The van der Waals surface area contributed by atoms with E-state index in [0.717, 1.165) is 18.2 Å². The third-order valence-electron chi connectivity index (χ3n) is 2.29. The highest BCUT2D eigenvalue weighted by Gasteiger charge is 2.16. The highest BCUT2D eigenvalue weighted by molar-refractivity contribution is 5.72. The van der Waals surface area contributed by atoms with Gasteiger partial charge in [-0.1, -0.05) is 0 Å². The van der Waals surface area contributed by atoms with Gasteiger partial charge in [-0.15, -0.1) is 0 Å². The van der Waals surface area contributed by atoms with Gasteiger partial charge in [0.2, 0.25) is 0 Å². The molecule has 1 aliphatic rings. The number of aliphatic imine (C=N–C) groups is 1. The SMILES string of the molecule is NC1=NC(CCOc2cc(F)cc(F)c2)CO1. The second-order valence-electron chi connectivity index (χ2n) is 3.67. The minimum Gasteiger partial charge on any atom is -0.493 e. The highest BCUT2D eigenvalue weighted by Crippen LogP contribution is 2.16. The fourth-order valence-corrected chi connectivity index (χ4v) is 1.51. The summed E-state index contributed by atoms with van der Waals surface area (Å²) >= 11 is 0. The van der Waals surface area contributed by atoms with Gasteiger partial charge in [-0.2, -0.15) is 0 Å². The predicted molar refractivity (Wildman–Crippen MR) is 57.8 cm³/mol. The van der Waals surface area contributed by atoms with E-state index in [1.54, 1.807) is 0 Å². The van der Waals surface area contributed by atoms with Crippen LogP contribution in [0.25, 0.3) is 0 Å². The number of ether oxygens (including phenoxy) is 2. The number of halogens is 2. The van der Waals surface area contributed by atoms with Gasteiger partial charge in [0.25, 0.3) is 6.02 Å². The number of rotatable bonds is 4. The molecule has 1 heterocycles. The molecule has 92 valence electrons. The lowest BCUT2D eigenvalue weighted by molar-refractivity contribution is 0.262. The van der Waals surface area contributed by atoms with Gasteiger partial charge in [-0.25, -0.2) is 13.8 Å². The van der Waals surface area contributed by atoms with Crippen LogP contribution in [0, 0.1) is 11.6 Å². The third-order valence-corrected chi connectivity index (χ3v) is 2.29. The molecular weight excluding hydrogens is 230 g/mol. The zero-order valence-electron chi connectivity index (χ0n) is 9.03. The van der Waals surface area contributed by atoms with Crippen LogP contribution in [0.15, 0.2) is 23.2 Å². The van der Waals surface area contributed by atoms with Crippen LogP contribution < -0.4 is 10.5 Å². The van der Waals surface area contributed by atoms with E-state index in [9.17, 15) is 8.78 Å². The van der Waals surface area contributed by atoms with E-state index in [1.807, 2.05) is 0 Å². The lowest BCUT2D eigenvalue weighted by atomic mass is 10.2. The summed E-state index contributed by atoms with van der Waals surface area (Å²) < 4.78 is 35.8. The topological polar surface area (TPSA) is 56.8 Å². The molecule has 0 saturated carbocycles. The molecule has 0 amide bonds. The molecule has 0 bridgehead atoms. The average molecular weight is 242 g/mol. The summed E-state index contributed by atoms with van der Waals surface area (Å²) in [5.41, 5.74) is 5.34. The number of amidine groups is 1. The molecule has 6 heteroatoms. The Kier molecular flexibility index (Phi) is 3.41. The molecule has 2 N–H and O–H groups in total. The summed E-state index contributed by atoms with van der Waals surface area (Å²) in [7, 11) is 0. The van der Waals surface area contributed by atoms with Crippen LogP contribution in [-0.4, -0.2) is 25.3 Å². The van der Waals surface area contributed by atoms with E-state index in [2.05, 4.69) is 4.99 Å². The first-order valence-corrected chi connectivity index (χ1v) is 5.18. The molecule has 1 aromatic carbocycles. The first-order chi connectivity index (χ1) is 8.13. The fraction of sp³-hybridized carbons (Fsp3) is 0.364. The Morgan fingerprint density at radius 3 is 2.65 bits per heavy atom. The van der Waals surface area contributed by atoms with Gasteiger partial charge in [-0.05, 0) is 0 Å². The zero-order valence-corrected chi connectivity index (χ0v) is 9.03. The minimum atomic E-state index is -0.661. The van der Waals surface area contributed by atoms with Gasteiger partial charge in [0.15, 0.2) is 0 Å². The average Bonchev–Trinajstić information content (AvgIpc) is 2.63. The Balaban J connectivity index is 1.82. The number of benzene rings is 1. The summed E-state index contributed by atoms with van der Waals surface area (Å²) in [6.07, 6.45) is 0.582. The molecule has 1 unspecified atom stereocenters. The zero-order chi connectivity index (χ0) is 12.3. The van der Waals surface area contributed by atoms with E-state index in [1.165, 1.54) is 0 Å². The summed E-state index contributed by atoms with van der Waals surface area (Å²) in [4.78, 5) is 4.00. The fourth-order valence-electron chi connectivity index (χ4n) is 1.51. The van der Waals surface area contributed by atoms with Crippen molar-refractivity contribution in [3.05, 3.63) is 29.8 Å². The molecule has 0 fully saturated rings. The Hall–Kier alpha value is -1.85. The largest absolute Gasteiger partial charge is 0.493 e. The van der Waals surface area contributed by atoms with Crippen molar-refractivity contribution >= 4 is 6.02 Å². The van der Waals surface area contributed by atoms with Gasteiger partial charge in [0.05, 0.1) is 12.6 Å². The summed E-state index contributed by atoms with van der Waals surface area (Å²) in [5, 5.41) is 0. The van der Waals surface area contributed by atoms with Crippen molar-refractivity contribution in [3.63, 3.8) is 0 Å². The Labute approximate surface area is 97.0 Å². The molecular formula is C11H12F2N2O2. The second kappa shape index (κ2) is 4.99. The van der Waals surface area contributed by atoms with Crippen LogP contribution in [0.5, 0.6) is 5.75 Å². The summed E-state index contributed by atoms with van der Waals surface area (Å²) in [6.45, 7) is 0.723. The van der Waals surface area contributed by atoms with Crippen molar-refractivity contribution < 1.29 is 18.3 Å². The lowest BCUT2D eigenvalue weighted by Crippen LogP contribution is -2.12. The molecule has 0 radical (unpaired) electrons. The summed E-state index contributed by atoms with van der Waals surface area (Å²) in [6, 6.07) is 3.18. The monoisotopic (exact) mass is 242 g/mol. The molecule has 1 aliphatic heterocycles. The van der Waals surface area contributed by atoms with Crippen LogP contribution >= 0.6 is 0 Å². The maximum absolute atomic E-state index is 12.8. The van der Waals surface area contributed by atoms with E-state index in [-0.39, 0.29) is 17.8 Å². The minimum absolute atomic E-state index is 0.0478. The van der Waals surface area contributed by atoms with Gasteiger partial charge < -0.3 is 15.2 Å². The maximum atomic E-state index is 12.8. The number of nitrogens with two attached hydrogens (primary N) is 1. The molecule has 4 nitrogen and oxygen atoms in total. The number of nitrogens with zero attached hydrogens (tertiary/aromatic N) is 1. The van der Waals surface area contributed by atoms with E-state index in [4.69, 9.17) is 15.2 Å². The Morgan fingerprint density at radius 2 is 2.06 bits per heavy atom. The molecule has 0 aromatic heterocycles. The van der Waals surface area contributed by atoms with Gasteiger partial charge >= 0.3 is 0 Å². The standard InChI is InChI=1S/C11H12F2N2O2/c12-7-3-8(13)5-10(4-7)16-2-1-9-6-17-11(14)15-9/h3-5,9H,1-2,6H2,(H2,14,15). The van der Waals surface area contributed by atoms with Gasteiger partial charge in [0.1, 0.15) is 24.0 Å². The second-order valence-corrected chi connectivity index (χ2v) is 3.67. The van der Waals surface area contributed by atoms with Crippen molar-refractivity contribution in [1.82, 2.24) is 0 Å². The molecule has 2 rings (SSSR count). The Morgan fingerprint density at radius 1 is 1.35 bits per heavy atom. The maximum Gasteiger partial charge on any atom is 0.282 e. The number of hydrogen-bond donors (Lipinski definition) is 1. The molecule has 0 aliphatic carbocycles.